The van der Waals surface area contributed by atoms with Crippen molar-refractivity contribution in [3.8, 4) is 5.75 Å². The molecular weight excluding hydrogens is 351 g/mol. The quantitative estimate of drug-likeness (QED) is 0.462. The number of pyridine rings is 1. The van der Waals surface area contributed by atoms with E-state index in [-0.39, 0.29) is 11.6 Å². The molecule has 0 atom stereocenters. The van der Waals surface area contributed by atoms with E-state index in [1.165, 1.54) is 12.1 Å². The number of aromatic hydroxyl groups is 1. The van der Waals surface area contributed by atoms with Crippen molar-refractivity contribution in [1.82, 2.24) is 4.98 Å². The zero-order valence-electron chi connectivity index (χ0n) is 15.1. The maximum absolute atomic E-state index is 13.4. The van der Waals surface area contributed by atoms with Crippen LogP contribution in [0.25, 0.3) is 23.1 Å². The average Bonchev–Trinajstić information content (AvgIpc) is 2.71. The second-order valence-electron chi connectivity index (χ2n) is 6.51. The number of nitrogens with zero attached hydrogens (tertiary/aromatic N) is 1. The van der Waals surface area contributed by atoms with Crippen LogP contribution >= 0.6 is 0 Å². The Hall–Kier alpha value is -3.66. The van der Waals surface area contributed by atoms with Gasteiger partial charge in [0.15, 0.2) is 0 Å². The zero-order chi connectivity index (χ0) is 19.3. The summed E-state index contributed by atoms with van der Waals surface area (Å²) in [5.74, 6) is -0.00535. The average molecular weight is 370 g/mol. The third-order valence-corrected chi connectivity index (χ3v) is 4.48. The van der Waals surface area contributed by atoms with Crippen molar-refractivity contribution in [2.24, 2.45) is 0 Å². The van der Waals surface area contributed by atoms with Crippen LogP contribution in [0.3, 0.4) is 0 Å². The summed E-state index contributed by atoms with van der Waals surface area (Å²) in [5.41, 5.74) is 4.23. The number of fused-ring (bicyclic) bond motifs is 1. The van der Waals surface area contributed by atoms with Crippen molar-refractivity contribution in [2.75, 3.05) is 5.32 Å². The molecule has 138 valence electrons. The molecule has 0 aliphatic heterocycles. The molecular formula is C24H19FN2O. The summed E-state index contributed by atoms with van der Waals surface area (Å²) < 4.78 is 13.4. The van der Waals surface area contributed by atoms with Crippen molar-refractivity contribution in [1.29, 1.82) is 0 Å². The number of para-hydroxylation sites is 1. The molecule has 4 rings (SSSR count). The summed E-state index contributed by atoms with van der Waals surface area (Å²) in [6.07, 6.45) is 3.88. The van der Waals surface area contributed by atoms with Gasteiger partial charge in [-0.2, -0.15) is 0 Å². The molecule has 0 unspecified atom stereocenters. The van der Waals surface area contributed by atoms with Gasteiger partial charge in [-0.3, -0.25) is 0 Å². The van der Waals surface area contributed by atoms with E-state index in [2.05, 4.69) is 10.3 Å². The van der Waals surface area contributed by atoms with Crippen LogP contribution in [0.15, 0.2) is 78.9 Å². The molecule has 0 aliphatic carbocycles. The minimum Gasteiger partial charge on any atom is -0.508 e. The molecule has 4 aromatic rings. The van der Waals surface area contributed by atoms with Gasteiger partial charge in [0.2, 0.25) is 0 Å². The molecule has 0 fully saturated rings. The maximum Gasteiger partial charge on any atom is 0.125 e. The molecule has 0 spiro atoms. The molecule has 4 heteroatoms. The van der Waals surface area contributed by atoms with Gasteiger partial charge < -0.3 is 10.4 Å². The Morgan fingerprint density at radius 3 is 2.64 bits per heavy atom. The molecule has 0 amide bonds. The minimum atomic E-state index is -0.288. The number of hydrogen-bond donors (Lipinski definition) is 2. The van der Waals surface area contributed by atoms with Gasteiger partial charge in [-0.05, 0) is 48.0 Å². The van der Waals surface area contributed by atoms with Crippen LogP contribution in [0.2, 0.25) is 0 Å². The number of benzene rings is 3. The van der Waals surface area contributed by atoms with Crippen LogP contribution < -0.4 is 5.32 Å². The fourth-order valence-electron chi connectivity index (χ4n) is 2.99. The topological polar surface area (TPSA) is 45.1 Å². The van der Waals surface area contributed by atoms with Gasteiger partial charge in [0.05, 0.1) is 11.2 Å². The number of phenolic OH excluding ortho intramolecular Hbond substituents is 1. The van der Waals surface area contributed by atoms with E-state index in [0.29, 0.717) is 12.1 Å². The Kier molecular flexibility index (Phi) is 5.02. The Bertz CT molecular complexity index is 1150. The molecule has 28 heavy (non-hydrogen) atoms. The maximum atomic E-state index is 13.4. The molecule has 2 N–H and O–H groups in total. The van der Waals surface area contributed by atoms with Gasteiger partial charge in [-0.15, -0.1) is 0 Å². The van der Waals surface area contributed by atoms with Gasteiger partial charge in [0.1, 0.15) is 11.6 Å². The SMILES string of the molecule is Oc1ccccc1CNc1cccc(C=Cc2ccc3ccc(F)cc3n2)c1. The van der Waals surface area contributed by atoms with E-state index < -0.39 is 0 Å². The highest BCUT2D eigenvalue weighted by Gasteiger charge is 2.01. The monoisotopic (exact) mass is 370 g/mol. The van der Waals surface area contributed by atoms with E-state index in [9.17, 15) is 9.50 Å². The van der Waals surface area contributed by atoms with Crippen molar-refractivity contribution in [3.05, 3.63) is 102 Å². The fourth-order valence-corrected chi connectivity index (χ4v) is 2.99. The van der Waals surface area contributed by atoms with Crippen molar-refractivity contribution in [2.45, 2.75) is 6.54 Å². The smallest absolute Gasteiger partial charge is 0.125 e. The van der Waals surface area contributed by atoms with E-state index in [4.69, 9.17) is 0 Å². The number of rotatable bonds is 5. The lowest BCUT2D eigenvalue weighted by Gasteiger charge is -2.08. The molecule has 3 nitrogen and oxygen atoms in total. The third-order valence-electron chi connectivity index (χ3n) is 4.48. The zero-order valence-corrected chi connectivity index (χ0v) is 15.1. The van der Waals surface area contributed by atoms with Crippen LogP contribution in [0, 0.1) is 5.82 Å². The second kappa shape index (κ2) is 7.92. The van der Waals surface area contributed by atoms with Gasteiger partial charge in [0, 0.05) is 29.2 Å². The Labute approximate surface area is 162 Å². The Balaban J connectivity index is 1.49. The third kappa shape index (κ3) is 4.18. The summed E-state index contributed by atoms with van der Waals surface area (Å²) in [7, 11) is 0. The summed E-state index contributed by atoms with van der Waals surface area (Å²) in [6.45, 7) is 0.539. The first-order valence-corrected chi connectivity index (χ1v) is 9.03. The number of anilines is 1. The lowest BCUT2D eigenvalue weighted by molar-refractivity contribution is 0.469. The van der Waals surface area contributed by atoms with Gasteiger partial charge in [0.25, 0.3) is 0 Å². The van der Waals surface area contributed by atoms with Crippen LogP contribution in [0.4, 0.5) is 10.1 Å². The molecule has 0 saturated heterocycles. The summed E-state index contributed by atoms with van der Waals surface area (Å²) >= 11 is 0. The van der Waals surface area contributed by atoms with Crippen LogP contribution in [0.5, 0.6) is 5.75 Å². The highest BCUT2D eigenvalue weighted by molar-refractivity contribution is 5.81. The fraction of sp³-hybridized carbons (Fsp3) is 0.0417. The first kappa shape index (κ1) is 17.7. The summed E-state index contributed by atoms with van der Waals surface area (Å²) in [6, 6.07) is 23.7. The number of nitrogens with one attached hydrogen (secondary N) is 1. The van der Waals surface area contributed by atoms with Gasteiger partial charge >= 0.3 is 0 Å². The first-order chi connectivity index (χ1) is 13.7. The predicted octanol–water partition coefficient (Wildman–Crippen LogP) is 5.86. The molecule has 1 heterocycles. The van der Waals surface area contributed by atoms with E-state index >= 15 is 0 Å². The summed E-state index contributed by atoms with van der Waals surface area (Å²) in [5, 5.41) is 14.1. The van der Waals surface area contributed by atoms with E-state index in [1.54, 1.807) is 18.2 Å². The van der Waals surface area contributed by atoms with Crippen molar-refractivity contribution < 1.29 is 9.50 Å². The van der Waals surface area contributed by atoms with Crippen molar-refractivity contribution >= 4 is 28.7 Å². The van der Waals surface area contributed by atoms with Crippen LogP contribution in [-0.4, -0.2) is 10.1 Å². The summed E-state index contributed by atoms with van der Waals surface area (Å²) in [4.78, 5) is 4.49. The highest BCUT2D eigenvalue weighted by Crippen LogP contribution is 2.20. The molecule has 0 saturated carbocycles. The molecule has 0 radical (unpaired) electrons. The second-order valence-corrected chi connectivity index (χ2v) is 6.51. The van der Waals surface area contributed by atoms with Crippen LogP contribution in [-0.2, 0) is 6.54 Å². The lowest BCUT2D eigenvalue weighted by Crippen LogP contribution is -1.99. The van der Waals surface area contributed by atoms with Gasteiger partial charge in [-0.1, -0.05) is 42.5 Å². The first-order valence-electron chi connectivity index (χ1n) is 9.03. The Morgan fingerprint density at radius 2 is 1.75 bits per heavy atom. The lowest BCUT2D eigenvalue weighted by atomic mass is 10.1. The van der Waals surface area contributed by atoms with Crippen LogP contribution in [0.1, 0.15) is 16.8 Å². The molecule has 3 aromatic carbocycles. The highest BCUT2D eigenvalue weighted by atomic mass is 19.1. The van der Waals surface area contributed by atoms with E-state index in [1.807, 2.05) is 60.7 Å². The minimum absolute atomic E-state index is 0.282. The van der Waals surface area contributed by atoms with Gasteiger partial charge in [-0.25, -0.2) is 9.37 Å². The number of aromatic nitrogens is 1. The predicted molar refractivity (Wildman–Crippen MR) is 113 cm³/mol. The number of phenols is 1. The molecule has 1 aromatic heterocycles. The number of halogens is 1. The Morgan fingerprint density at radius 1 is 0.893 bits per heavy atom. The standard InChI is InChI=1S/C24H19FN2O/c25-20-11-9-18-10-13-21(27-23(18)15-20)12-8-17-4-3-6-22(14-17)26-16-19-5-1-2-7-24(19)28/h1-15,26,28H,16H2. The van der Waals surface area contributed by atoms with E-state index in [0.717, 1.165) is 27.9 Å². The molecule has 0 bridgehead atoms. The largest absolute Gasteiger partial charge is 0.508 e. The normalized spacial score (nSPS) is 11.2. The number of hydrogen-bond acceptors (Lipinski definition) is 3. The van der Waals surface area contributed by atoms with Crippen molar-refractivity contribution in [3.63, 3.8) is 0 Å². The molecule has 0 aliphatic rings.